The molecule has 1 aromatic carbocycles. The quantitative estimate of drug-likeness (QED) is 0.671. The van der Waals surface area contributed by atoms with Crippen LogP contribution in [0.4, 0.5) is 0 Å². The van der Waals surface area contributed by atoms with Crippen molar-refractivity contribution in [1.29, 1.82) is 0 Å². The van der Waals surface area contributed by atoms with Crippen LogP contribution in [0.15, 0.2) is 34.4 Å². The van der Waals surface area contributed by atoms with Gasteiger partial charge in [0.25, 0.3) is 0 Å². The van der Waals surface area contributed by atoms with Gasteiger partial charge in [0.2, 0.25) is 5.88 Å². The molecule has 0 radical (unpaired) electrons. The lowest BCUT2D eigenvalue weighted by atomic mass is 10.1. The van der Waals surface area contributed by atoms with E-state index < -0.39 is 0 Å². The Morgan fingerprint density at radius 2 is 1.89 bits per heavy atom. The second kappa shape index (κ2) is 4.90. The minimum atomic E-state index is 0.604. The molecule has 0 bridgehead atoms. The van der Waals surface area contributed by atoms with Crippen LogP contribution >= 0.6 is 27.3 Å². The molecule has 0 aliphatic rings. The molecule has 0 fully saturated rings. The van der Waals surface area contributed by atoms with E-state index in [1.54, 1.807) is 11.3 Å². The van der Waals surface area contributed by atoms with E-state index in [0.29, 0.717) is 5.88 Å². The van der Waals surface area contributed by atoms with Gasteiger partial charge >= 0.3 is 0 Å². The molecular formula is C14H11BrN2OS. The summed E-state index contributed by atoms with van der Waals surface area (Å²) in [6.07, 6.45) is 1.53. The molecule has 0 spiro atoms. The van der Waals surface area contributed by atoms with Crippen molar-refractivity contribution in [3.63, 3.8) is 0 Å². The molecule has 0 aliphatic heterocycles. The molecule has 0 aliphatic carbocycles. The molecule has 0 saturated heterocycles. The molecule has 0 N–H and O–H groups in total. The van der Waals surface area contributed by atoms with Crippen molar-refractivity contribution >= 4 is 37.5 Å². The van der Waals surface area contributed by atoms with E-state index in [0.717, 1.165) is 31.6 Å². The Morgan fingerprint density at radius 3 is 2.63 bits per heavy atom. The predicted molar refractivity (Wildman–Crippen MR) is 81.1 cm³/mol. The molecule has 19 heavy (non-hydrogen) atoms. The van der Waals surface area contributed by atoms with E-state index in [9.17, 15) is 0 Å². The maximum atomic E-state index is 5.90. The first kappa shape index (κ1) is 12.6. The van der Waals surface area contributed by atoms with Gasteiger partial charge in [0.1, 0.15) is 16.9 Å². The third-order valence-corrected chi connectivity index (χ3v) is 4.92. The Kier molecular flexibility index (Phi) is 3.24. The Bertz CT molecular complexity index is 731. The van der Waals surface area contributed by atoms with Crippen molar-refractivity contribution in [3.05, 3.63) is 45.5 Å². The highest BCUT2D eigenvalue weighted by Crippen LogP contribution is 2.32. The summed E-state index contributed by atoms with van der Waals surface area (Å²) in [7, 11) is 0. The molecule has 0 atom stereocenters. The van der Waals surface area contributed by atoms with Gasteiger partial charge in [0.05, 0.1) is 5.39 Å². The predicted octanol–water partition coefficient (Wildman–Crippen LogP) is 4.86. The van der Waals surface area contributed by atoms with Gasteiger partial charge in [-0.1, -0.05) is 15.9 Å². The van der Waals surface area contributed by atoms with E-state index in [4.69, 9.17) is 4.74 Å². The number of aryl methyl sites for hydroxylation is 2. The van der Waals surface area contributed by atoms with Crippen LogP contribution < -0.4 is 4.74 Å². The van der Waals surface area contributed by atoms with Crippen LogP contribution in [0.25, 0.3) is 10.2 Å². The minimum absolute atomic E-state index is 0.604. The first-order valence-corrected chi connectivity index (χ1v) is 7.45. The van der Waals surface area contributed by atoms with Crippen molar-refractivity contribution in [2.45, 2.75) is 13.8 Å². The van der Waals surface area contributed by atoms with Crippen molar-refractivity contribution in [2.24, 2.45) is 0 Å². The smallest absolute Gasteiger partial charge is 0.231 e. The molecule has 2 heterocycles. The summed E-state index contributed by atoms with van der Waals surface area (Å²) in [5, 5.41) is 2.94. The van der Waals surface area contributed by atoms with E-state index in [1.807, 2.05) is 37.4 Å². The number of benzene rings is 1. The van der Waals surface area contributed by atoms with Gasteiger partial charge in [-0.2, -0.15) is 0 Å². The summed E-state index contributed by atoms with van der Waals surface area (Å²) in [6.45, 7) is 4.09. The summed E-state index contributed by atoms with van der Waals surface area (Å²) in [6, 6.07) is 5.97. The second-order valence-electron chi connectivity index (χ2n) is 4.29. The van der Waals surface area contributed by atoms with Gasteiger partial charge in [-0.05, 0) is 48.6 Å². The fourth-order valence-corrected chi connectivity index (χ4v) is 2.88. The molecule has 0 saturated carbocycles. The maximum absolute atomic E-state index is 5.90. The maximum Gasteiger partial charge on any atom is 0.231 e. The molecule has 0 amide bonds. The van der Waals surface area contributed by atoms with Crippen LogP contribution in [0.2, 0.25) is 0 Å². The first-order valence-electron chi connectivity index (χ1n) is 5.78. The van der Waals surface area contributed by atoms with Gasteiger partial charge in [-0.3, -0.25) is 0 Å². The number of aromatic nitrogens is 2. The van der Waals surface area contributed by atoms with Crippen LogP contribution in [0.3, 0.4) is 0 Å². The molecule has 3 rings (SSSR count). The van der Waals surface area contributed by atoms with E-state index >= 15 is 0 Å². The third-order valence-electron chi connectivity index (χ3n) is 2.85. The van der Waals surface area contributed by atoms with E-state index in [1.165, 1.54) is 6.33 Å². The highest BCUT2D eigenvalue weighted by molar-refractivity contribution is 9.10. The zero-order valence-corrected chi connectivity index (χ0v) is 12.9. The van der Waals surface area contributed by atoms with E-state index in [-0.39, 0.29) is 0 Å². The van der Waals surface area contributed by atoms with Gasteiger partial charge < -0.3 is 4.74 Å². The Hall–Kier alpha value is -1.46. The summed E-state index contributed by atoms with van der Waals surface area (Å²) in [5.74, 6) is 1.40. The average molecular weight is 335 g/mol. The average Bonchev–Trinajstić information content (AvgIpc) is 2.85. The second-order valence-corrected chi connectivity index (χ2v) is 5.98. The van der Waals surface area contributed by atoms with Crippen LogP contribution in [0.1, 0.15) is 11.1 Å². The summed E-state index contributed by atoms with van der Waals surface area (Å²) >= 11 is 5.13. The number of halogens is 1. The Morgan fingerprint density at radius 1 is 1.16 bits per heavy atom. The highest BCUT2D eigenvalue weighted by atomic mass is 79.9. The topological polar surface area (TPSA) is 35.0 Å². The first-order chi connectivity index (χ1) is 9.15. The molecular weight excluding hydrogens is 324 g/mol. The van der Waals surface area contributed by atoms with Crippen molar-refractivity contribution in [2.75, 3.05) is 0 Å². The SMILES string of the molecule is Cc1cc(Oc2ncnc3sccc23)cc(C)c1Br. The number of nitrogens with zero attached hydrogens (tertiary/aromatic N) is 2. The zero-order valence-electron chi connectivity index (χ0n) is 10.5. The van der Waals surface area contributed by atoms with Crippen LogP contribution in [0.5, 0.6) is 11.6 Å². The summed E-state index contributed by atoms with van der Waals surface area (Å²) < 4.78 is 7.02. The lowest BCUT2D eigenvalue weighted by Crippen LogP contribution is -1.91. The summed E-state index contributed by atoms with van der Waals surface area (Å²) in [5.41, 5.74) is 2.29. The molecule has 96 valence electrons. The standard InChI is InChI=1S/C14H11BrN2OS/c1-8-5-10(6-9(2)12(8)15)18-13-11-3-4-19-14(11)17-7-16-13/h3-7H,1-2H3. The van der Waals surface area contributed by atoms with Crippen molar-refractivity contribution < 1.29 is 4.74 Å². The van der Waals surface area contributed by atoms with Gasteiger partial charge in [0.15, 0.2) is 0 Å². The normalized spacial score (nSPS) is 10.9. The lowest BCUT2D eigenvalue weighted by molar-refractivity contribution is 0.467. The number of hydrogen-bond donors (Lipinski definition) is 0. The fourth-order valence-electron chi connectivity index (χ4n) is 1.93. The number of hydrogen-bond acceptors (Lipinski definition) is 4. The van der Waals surface area contributed by atoms with Gasteiger partial charge in [-0.25, -0.2) is 9.97 Å². The van der Waals surface area contributed by atoms with Crippen LogP contribution in [-0.2, 0) is 0 Å². The minimum Gasteiger partial charge on any atom is -0.438 e. The number of ether oxygens (including phenoxy) is 1. The largest absolute Gasteiger partial charge is 0.438 e. The summed E-state index contributed by atoms with van der Waals surface area (Å²) in [4.78, 5) is 9.37. The van der Waals surface area contributed by atoms with Crippen LogP contribution in [0, 0.1) is 13.8 Å². The molecule has 2 aromatic heterocycles. The number of rotatable bonds is 2. The highest BCUT2D eigenvalue weighted by Gasteiger charge is 2.09. The van der Waals surface area contributed by atoms with Crippen molar-refractivity contribution in [3.8, 4) is 11.6 Å². The molecule has 5 heteroatoms. The Balaban J connectivity index is 2.04. The third kappa shape index (κ3) is 2.35. The lowest BCUT2D eigenvalue weighted by Gasteiger charge is -2.09. The molecule has 0 unspecified atom stereocenters. The molecule has 3 nitrogen and oxygen atoms in total. The van der Waals surface area contributed by atoms with Crippen molar-refractivity contribution in [1.82, 2.24) is 9.97 Å². The van der Waals surface area contributed by atoms with E-state index in [2.05, 4.69) is 25.9 Å². The zero-order chi connectivity index (χ0) is 13.4. The van der Waals surface area contributed by atoms with Gasteiger partial charge in [0, 0.05) is 4.47 Å². The van der Waals surface area contributed by atoms with Gasteiger partial charge in [-0.15, -0.1) is 11.3 Å². The monoisotopic (exact) mass is 334 g/mol. The Labute approximate surface area is 123 Å². The van der Waals surface area contributed by atoms with Crippen LogP contribution in [-0.4, -0.2) is 9.97 Å². The fraction of sp³-hybridized carbons (Fsp3) is 0.143. The number of thiophene rings is 1. The molecule has 3 aromatic rings. The number of fused-ring (bicyclic) bond motifs is 1.